The quantitative estimate of drug-likeness (QED) is 0.452. The minimum Gasteiger partial charge on any atom is -0.486 e. The van der Waals surface area contributed by atoms with E-state index in [1.165, 1.54) is 12.1 Å². The lowest BCUT2D eigenvalue weighted by Crippen LogP contribution is -2.59. The first-order valence-corrected chi connectivity index (χ1v) is 7.29. The molecule has 8 heteroatoms. The molecule has 1 aliphatic rings. The molecule has 1 fully saturated rings. The fourth-order valence-corrected chi connectivity index (χ4v) is 2.43. The molecular formula is C13H17BrN2O5. The van der Waals surface area contributed by atoms with Gasteiger partial charge in [-0.15, -0.1) is 0 Å². The first kappa shape index (κ1) is 16.2. The molecule has 0 bridgehead atoms. The zero-order chi connectivity index (χ0) is 15.4. The number of nitro benzene ring substituents is 1. The van der Waals surface area contributed by atoms with Crippen LogP contribution in [-0.2, 0) is 9.47 Å². The maximum Gasteiger partial charge on any atom is 0.273 e. The van der Waals surface area contributed by atoms with Crippen LogP contribution in [0.5, 0.6) is 5.75 Å². The first-order chi connectivity index (χ1) is 10.0. The molecule has 1 aromatic carbocycles. The highest BCUT2D eigenvalue weighted by Crippen LogP contribution is 2.34. The highest BCUT2D eigenvalue weighted by atomic mass is 79.9. The number of hydrogen-bond acceptors (Lipinski definition) is 6. The number of benzene rings is 1. The number of nitrogens with zero attached hydrogens (tertiary/aromatic N) is 1. The molecule has 116 valence electrons. The summed E-state index contributed by atoms with van der Waals surface area (Å²) in [5.41, 5.74) is 5.88. The normalized spacial score (nSPS) is 24.4. The van der Waals surface area contributed by atoms with Crippen molar-refractivity contribution in [2.45, 2.75) is 24.7 Å². The van der Waals surface area contributed by atoms with E-state index in [1.54, 1.807) is 13.2 Å². The van der Waals surface area contributed by atoms with Crippen molar-refractivity contribution in [3.63, 3.8) is 0 Å². The van der Waals surface area contributed by atoms with Crippen molar-refractivity contribution >= 4 is 21.6 Å². The minimum atomic E-state index is -0.460. The lowest BCUT2D eigenvalue weighted by Gasteiger charge is -2.41. The summed E-state index contributed by atoms with van der Waals surface area (Å²) in [7, 11) is 1.60. The Bertz CT molecular complexity index is 513. The average molecular weight is 361 g/mol. The largest absolute Gasteiger partial charge is 0.486 e. The van der Waals surface area contributed by atoms with Gasteiger partial charge in [0.2, 0.25) is 0 Å². The molecule has 3 unspecified atom stereocenters. The molecule has 2 rings (SSSR count). The van der Waals surface area contributed by atoms with E-state index < -0.39 is 4.92 Å². The van der Waals surface area contributed by atoms with Crippen LogP contribution in [0.1, 0.15) is 6.42 Å². The Morgan fingerprint density at radius 1 is 1.48 bits per heavy atom. The molecule has 3 atom stereocenters. The molecule has 0 spiro atoms. The lowest BCUT2D eigenvalue weighted by molar-refractivity contribution is -0.385. The number of methoxy groups -OCH3 is 1. The van der Waals surface area contributed by atoms with Crippen molar-refractivity contribution in [1.29, 1.82) is 0 Å². The van der Waals surface area contributed by atoms with Crippen molar-refractivity contribution < 1.29 is 19.1 Å². The Kier molecular flexibility index (Phi) is 5.51. The van der Waals surface area contributed by atoms with Crippen LogP contribution in [0.25, 0.3) is 0 Å². The zero-order valence-corrected chi connectivity index (χ0v) is 13.1. The fraction of sp³-hybridized carbons (Fsp3) is 0.538. The molecule has 1 aliphatic carbocycles. The Hall–Kier alpha value is -1.22. The summed E-state index contributed by atoms with van der Waals surface area (Å²) in [4.78, 5) is 10.3. The second-order valence-electron chi connectivity index (χ2n) is 4.76. The van der Waals surface area contributed by atoms with Gasteiger partial charge in [-0.3, -0.25) is 10.1 Å². The molecule has 7 nitrogen and oxygen atoms in total. The van der Waals surface area contributed by atoms with Crippen molar-refractivity contribution in [3.8, 4) is 5.75 Å². The van der Waals surface area contributed by atoms with Crippen LogP contribution < -0.4 is 10.5 Å². The average Bonchev–Trinajstić information content (AvgIpc) is 2.44. The molecule has 2 N–H and O–H groups in total. The van der Waals surface area contributed by atoms with Gasteiger partial charge in [0.05, 0.1) is 28.7 Å². The topological polar surface area (TPSA) is 96.9 Å². The number of non-ortho nitro benzene ring substituents is 1. The maximum absolute atomic E-state index is 10.8. The van der Waals surface area contributed by atoms with E-state index in [2.05, 4.69) is 15.9 Å². The maximum atomic E-state index is 10.8. The smallest absolute Gasteiger partial charge is 0.273 e. The number of ether oxygens (including phenoxy) is 3. The molecular weight excluding hydrogens is 344 g/mol. The summed E-state index contributed by atoms with van der Waals surface area (Å²) in [6, 6.07) is 4.30. The molecule has 0 aliphatic heterocycles. The molecule has 0 heterocycles. The van der Waals surface area contributed by atoms with Crippen LogP contribution in [0, 0.1) is 10.1 Å². The Morgan fingerprint density at radius 2 is 2.24 bits per heavy atom. The summed E-state index contributed by atoms with van der Waals surface area (Å²) >= 11 is 3.32. The second kappa shape index (κ2) is 7.17. The highest BCUT2D eigenvalue weighted by Gasteiger charge is 2.42. The van der Waals surface area contributed by atoms with Gasteiger partial charge in [-0.1, -0.05) is 0 Å². The van der Waals surface area contributed by atoms with Crippen molar-refractivity contribution in [2.24, 2.45) is 5.73 Å². The number of hydrogen-bond donors (Lipinski definition) is 1. The molecule has 0 radical (unpaired) electrons. The number of nitro groups is 1. The number of halogens is 1. The van der Waals surface area contributed by atoms with Crippen molar-refractivity contribution in [2.75, 3.05) is 20.3 Å². The van der Waals surface area contributed by atoms with Crippen LogP contribution in [-0.4, -0.2) is 43.5 Å². The molecule has 0 amide bonds. The second-order valence-corrected chi connectivity index (χ2v) is 5.61. The summed E-state index contributed by atoms with van der Waals surface area (Å²) < 4.78 is 17.0. The number of rotatable bonds is 7. The van der Waals surface area contributed by atoms with Crippen LogP contribution in [0.4, 0.5) is 5.69 Å². The van der Waals surface area contributed by atoms with E-state index in [-0.39, 0.29) is 23.9 Å². The van der Waals surface area contributed by atoms with E-state index in [0.717, 1.165) is 0 Å². The van der Waals surface area contributed by atoms with Gasteiger partial charge in [0.1, 0.15) is 18.0 Å². The number of nitrogens with two attached hydrogens (primary N) is 1. The third-order valence-corrected chi connectivity index (χ3v) is 3.95. The molecule has 21 heavy (non-hydrogen) atoms. The van der Waals surface area contributed by atoms with E-state index in [0.29, 0.717) is 29.9 Å². The Morgan fingerprint density at radius 3 is 2.86 bits per heavy atom. The molecule has 0 saturated heterocycles. The van der Waals surface area contributed by atoms with Crippen LogP contribution in [0.15, 0.2) is 22.7 Å². The van der Waals surface area contributed by atoms with Gasteiger partial charge in [0.25, 0.3) is 5.69 Å². The monoisotopic (exact) mass is 360 g/mol. The van der Waals surface area contributed by atoms with Crippen molar-refractivity contribution in [1.82, 2.24) is 0 Å². The lowest BCUT2D eigenvalue weighted by atomic mass is 9.86. The standard InChI is InChI=1S/C13H17BrN2O5/c1-19-4-5-20-13-10(15)7-12(13)21-11-6-8(16(17)18)2-3-9(11)14/h2-3,6,10,12-13H,4-5,7,15H2,1H3. The zero-order valence-electron chi connectivity index (χ0n) is 11.5. The van der Waals surface area contributed by atoms with Gasteiger partial charge in [0.15, 0.2) is 0 Å². The predicted octanol–water partition coefficient (Wildman–Crippen LogP) is 1.87. The van der Waals surface area contributed by atoms with Gasteiger partial charge in [-0.05, 0) is 22.0 Å². The molecule has 1 saturated carbocycles. The predicted molar refractivity (Wildman–Crippen MR) is 79.4 cm³/mol. The van der Waals surface area contributed by atoms with Gasteiger partial charge in [0, 0.05) is 25.6 Å². The summed E-state index contributed by atoms with van der Waals surface area (Å²) in [6.45, 7) is 0.918. The Labute approximate surface area is 130 Å². The van der Waals surface area contributed by atoms with Crippen LogP contribution >= 0.6 is 15.9 Å². The van der Waals surface area contributed by atoms with E-state index in [9.17, 15) is 10.1 Å². The van der Waals surface area contributed by atoms with Gasteiger partial charge < -0.3 is 19.9 Å². The third kappa shape index (κ3) is 3.91. The Balaban J connectivity index is 2.00. The van der Waals surface area contributed by atoms with Gasteiger partial charge in [-0.2, -0.15) is 0 Å². The SMILES string of the molecule is COCCOC1C(N)CC1Oc1cc([N+](=O)[O-])ccc1Br. The van der Waals surface area contributed by atoms with Gasteiger partial charge in [-0.25, -0.2) is 0 Å². The summed E-state index contributed by atoms with van der Waals surface area (Å²) in [5.74, 6) is 0.418. The van der Waals surface area contributed by atoms with E-state index in [1.807, 2.05) is 0 Å². The van der Waals surface area contributed by atoms with Gasteiger partial charge >= 0.3 is 0 Å². The fourth-order valence-electron chi connectivity index (χ4n) is 2.09. The van der Waals surface area contributed by atoms with E-state index in [4.69, 9.17) is 19.9 Å². The molecule has 1 aromatic rings. The summed E-state index contributed by atoms with van der Waals surface area (Å²) in [5, 5.41) is 10.8. The van der Waals surface area contributed by atoms with Crippen LogP contribution in [0.3, 0.4) is 0 Å². The van der Waals surface area contributed by atoms with Crippen LogP contribution in [0.2, 0.25) is 0 Å². The highest BCUT2D eigenvalue weighted by molar-refractivity contribution is 9.10. The van der Waals surface area contributed by atoms with E-state index >= 15 is 0 Å². The molecule has 0 aromatic heterocycles. The van der Waals surface area contributed by atoms with Crippen molar-refractivity contribution in [3.05, 3.63) is 32.8 Å². The third-order valence-electron chi connectivity index (χ3n) is 3.29. The summed E-state index contributed by atoms with van der Waals surface area (Å²) in [6.07, 6.45) is 0.203. The minimum absolute atomic E-state index is 0.0197. The first-order valence-electron chi connectivity index (χ1n) is 6.49.